The highest BCUT2D eigenvalue weighted by Crippen LogP contribution is 2.40. The lowest BCUT2D eigenvalue weighted by Crippen LogP contribution is -2.76. The Kier molecular flexibility index (Phi) is 18.2. The highest BCUT2D eigenvalue weighted by Gasteiger charge is 2.17. The highest BCUT2D eigenvalue weighted by atomic mass is 16.7. The van der Waals surface area contributed by atoms with E-state index in [1.54, 1.807) is 79.3 Å². The van der Waals surface area contributed by atoms with Gasteiger partial charge < -0.3 is 50.5 Å². The van der Waals surface area contributed by atoms with Crippen molar-refractivity contribution in [1.82, 2.24) is 0 Å². The van der Waals surface area contributed by atoms with Crippen molar-refractivity contribution in [2.45, 2.75) is 20.4 Å². The van der Waals surface area contributed by atoms with Crippen LogP contribution < -0.4 is 56.8 Å². The third kappa shape index (κ3) is 10.9. The number of hydroxylamine groups is 2. The molecule has 0 saturated carbocycles. The molecule has 14 nitrogen and oxygen atoms in total. The van der Waals surface area contributed by atoms with E-state index in [0.717, 1.165) is 16.7 Å². The summed E-state index contributed by atoms with van der Waals surface area (Å²) in [6, 6.07) is 14.6. The van der Waals surface area contributed by atoms with Crippen molar-refractivity contribution in [2.75, 3.05) is 56.9 Å². The van der Waals surface area contributed by atoms with Crippen molar-refractivity contribution in [3.05, 3.63) is 83.2 Å². The molecular weight excluding hydrogens is 620 g/mol. The molecule has 0 heterocycles. The van der Waals surface area contributed by atoms with Crippen LogP contribution in [0.5, 0.6) is 34.5 Å². The average molecular weight is 673 g/mol. The predicted octanol–water partition coefficient (Wildman–Crippen LogP) is 2.53. The Morgan fingerprint density at radius 2 is 1.10 bits per heavy atom. The minimum atomic E-state index is 0.369. The topological polar surface area (TPSA) is 198 Å². The molecule has 48 heavy (non-hydrogen) atoms. The van der Waals surface area contributed by atoms with Gasteiger partial charge in [-0.3, -0.25) is 5.73 Å². The van der Waals surface area contributed by atoms with Gasteiger partial charge in [-0.25, -0.2) is 4.84 Å². The Balaban J connectivity index is 0.000000497. The Hall–Kier alpha value is -5.31. The van der Waals surface area contributed by atoms with E-state index < -0.39 is 0 Å². The van der Waals surface area contributed by atoms with Crippen molar-refractivity contribution in [2.24, 2.45) is 22.9 Å². The number of methoxy groups -OCH3 is 6. The molecule has 0 aromatic heterocycles. The van der Waals surface area contributed by atoms with Gasteiger partial charge in [-0.15, -0.1) is 0 Å². The molecule has 3 aromatic rings. The van der Waals surface area contributed by atoms with E-state index in [1.807, 2.05) is 38.1 Å². The van der Waals surface area contributed by atoms with Gasteiger partial charge in [-0.05, 0) is 46.7 Å². The minimum absolute atomic E-state index is 0.369. The van der Waals surface area contributed by atoms with Crippen molar-refractivity contribution in [3.8, 4) is 34.5 Å². The molecule has 0 spiro atoms. The van der Waals surface area contributed by atoms with Crippen LogP contribution in [0.4, 0.5) is 0 Å². The number of nitrogens with zero attached hydrogens (tertiary/aromatic N) is 1. The van der Waals surface area contributed by atoms with Gasteiger partial charge in [-0.1, -0.05) is 26.0 Å². The first-order valence-corrected chi connectivity index (χ1v) is 14.8. The van der Waals surface area contributed by atoms with Crippen molar-refractivity contribution in [3.63, 3.8) is 0 Å². The van der Waals surface area contributed by atoms with Crippen LogP contribution in [0.1, 0.15) is 36.1 Å². The number of quaternary nitrogens is 1. The van der Waals surface area contributed by atoms with Crippen LogP contribution in [-0.2, 0) is 16.2 Å². The number of nitrogens with two attached hydrogens (primary N) is 5. The average Bonchev–Trinajstić information content (AvgIpc) is 3.15. The van der Waals surface area contributed by atoms with Crippen LogP contribution in [0.2, 0.25) is 0 Å². The molecule has 3 rings (SSSR count). The van der Waals surface area contributed by atoms with Gasteiger partial charge in [0.25, 0.3) is 0 Å². The van der Waals surface area contributed by atoms with Crippen molar-refractivity contribution >= 4 is 17.2 Å². The molecule has 14 heteroatoms. The molecule has 0 saturated heterocycles. The van der Waals surface area contributed by atoms with Crippen molar-refractivity contribution < 1.29 is 48.3 Å². The summed E-state index contributed by atoms with van der Waals surface area (Å²) in [5.74, 6) is 3.48. The van der Waals surface area contributed by atoms with Crippen LogP contribution in [0.3, 0.4) is 0 Å². The molecule has 0 radical (unpaired) electrons. The number of hydrogen-bond acceptors (Lipinski definition) is 11. The largest absolute Gasteiger partial charge is 0.493 e. The van der Waals surface area contributed by atoms with Crippen LogP contribution in [-0.4, -0.2) is 67.5 Å². The molecule has 0 bridgehead atoms. The number of ether oxygens (including phenoxy) is 6. The second-order valence-electron chi connectivity index (χ2n) is 9.20. The lowest BCUT2D eigenvalue weighted by Gasteiger charge is -2.14. The molecule has 0 atom stereocenters. The first-order chi connectivity index (χ1) is 23.2. The number of benzene rings is 3. The van der Waals surface area contributed by atoms with Gasteiger partial charge in [0, 0.05) is 17.7 Å². The molecule has 0 unspecified atom stereocenters. The fourth-order valence-corrected chi connectivity index (χ4v) is 4.14. The number of hydrogen-bond donors (Lipinski definition) is 5. The Morgan fingerprint density at radius 3 is 1.48 bits per heavy atom. The minimum Gasteiger partial charge on any atom is -0.493 e. The van der Waals surface area contributed by atoms with Crippen LogP contribution >= 0.6 is 0 Å². The Labute approximate surface area is 283 Å². The molecule has 0 aliphatic heterocycles. The fraction of sp³-hybridized carbons (Fsp3) is 0.324. The summed E-state index contributed by atoms with van der Waals surface area (Å²) < 4.78 is 33.2. The lowest BCUT2D eigenvalue weighted by atomic mass is 10.1. The number of amidine groups is 1. The first-order valence-electron chi connectivity index (χ1n) is 14.8. The molecule has 0 fully saturated rings. The second-order valence-corrected chi connectivity index (χ2v) is 9.20. The van der Waals surface area contributed by atoms with Crippen molar-refractivity contribution in [1.29, 1.82) is 0 Å². The maximum Gasteiger partial charge on any atom is 0.319 e. The quantitative estimate of drug-likeness (QED) is 0.0727. The monoisotopic (exact) mass is 672 g/mol. The third-order valence-electron chi connectivity index (χ3n) is 6.53. The maximum absolute atomic E-state index is 6.28. The summed E-state index contributed by atoms with van der Waals surface area (Å²) in [6.07, 6.45) is 3.23. The van der Waals surface area contributed by atoms with Gasteiger partial charge in [0.15, 0.2) is 29.2 Å². The summed E-state index contributed by atoms with van der Waals surface area (Å²) in [6.45, 7) is 4.41. The maximum atomic E-state index is 6.28. The van der Waals surface area contributed by atoms with E-state index >= 15 is 0 Å². The molecular formula is C34H52N6O8+2. The number of rotatable bonds is 14. The van der Waals surface area contributed by atoms with E-state index in [2.05, 4.69) is 0 Å². The van der Waals surface area contributed by atoms with Gasteiger partial charge >= 0.3 is 5.84 Å². The fourth-order valence-electron chi connectivity index (χ4n) is 4.14. The summed E-state index contributed by atoms with van der Waals surface area (Å²) in [5.41, 5.74) is 29.7. The molecule has 264 valence electrons. The molecule has 0 aliphatic carbocycles. The highest BCUT2D eigenvalue weighted by molar-refractivity contribution is 5.94. The molecule has 0 aliphatic rings. The third-order valence-corrected chi connectivity index (χ3v) is 6.53. The standard InChI is InChI=1S/C20H26N4O4.C12H18N2O4.C2H6/c1-25-17-9-15(10-18(26-2)19(17)27-3)16(22)12-24(28-4)20(23)14-7-5-6-13(8-14)11-21;1-15-10-5-8(9(13)7-14-18-4)6-11(16-2)12(10)17-3;1-2/h5-10,12,23H,11,21-22H2,1-4H3;5-7,14H,13H2,1-4H3;1-2H3/p+2/b16-12-;9-7-;. The van der Waals surface area contributed by atoms with Crippen LogP contribution in [0.15, 0.2) is 60.9 Å². The molecule has 0 amide bonds. The van der Waals surface area contributed by atoms with Gasteiger partial charge in [-0.2, -0.15) is 5.48 Å². The van der Waals surface area contributed by atoms with E-state index in [0.29, 0.717) is 63.8 Å². The summed E-state index contributed by atoms with van der Waals surface area (Å²) in [5, 5.41) is 0. The molecule has 3 aromatic carbocycles. The van der Waals surface area contributed by atoms with Gasteiger partial charge in [0.2, 0.25) is 11.5 Å². The van der Waals surface area contributed by atoms with E-state index in [1.165, 1.54) is 24.4 Å². The van der Waals surface area contributed by atoms with Gasteiger partial charge in [0.1, 0.15) is 13.3 Å². The zero-order valence-electron chi connectivity index (χ0n) is 29.6. The SMILES string of the molecule is CC.CO[NH2+]/C=C(\N)c1cc(OC)c(OC)c(OC)c1.COc1cc(/C(N)=C/[N+](OC)=C(\N)c2cccc(CN)c2)cc(OC)c1OC. The second kappa shape index (κ2) is 21.5. The van der Waals surface area contributed by atoms with E-state index in [-0.39, 0.29) is 0 Å². The smallest absolute Gasteiger partial charge is 0.319 e. The lowest BCUT2D eigenvalue weighted by molar-refractivity contribution is -0.842. The summed E-state index contributed by atoms with van der Waals surface area (Å²) in [7, 11) is 12.3. The summed E-state index contributed by atoms with van der Waals surface area (Å²) in [4.78, 5) is 10.2. The zero-order valence-corrected chi connectivity index (χ0v) is 29.6. The zero-order chi connectivity index (χ0) is 36.2. The Bertz CT molecular complexity index is 1490. The van der Waals surface area contributed by atoms with E-state index in [9.17, 15) is 0 Å². The predicted molar refractivity (Wildman–Crippen MR) is 187 cm³/mol. The van der Waals surface area contributed by atoms with Gasteiger partial charge in [0.05, 0.1) is 66.7 Å². The first kappa shape index (κ1) is 40.7. The Morgan fingerprint density at radius 1 is 0.646 bits per heavy atom. The van der Waals surface area contributed by atoms with Crippen LogP contribution in [0.25, 0.3) is 11.4 Å². The normalized spacial score (nSPS) is 11.5. The van der Waals surface area contributed by atoms with Crippen LogP contribution in [0, 0.1) is 0 Å². The van der Waals surface area contributed by atoms with E-state index in [4.69, 9.17) is 61.0 Å². The molecule has 10 N–H and O–H groups in total. The summed E-state index contributed by atoms with van der Waals surface area (Å²) >= 11 is 0.